The summed E-state index contributed by atoms with van der Waals surface area (Å²) in [5.74, 6) is -1.10. The predicted molar refractivity (Wildman–Crippen MR) is 67.7 cm³/mol. The second-order valence-electron chi connectivity index (χ2n) is 4.12. The van der Waals surface area contributed by atoms with E-state index in [1.165, 1.54) is 19.2 Å². The van der Waals surface area contributed by atoms with Crippen molar-refractivity contribution in [1.29, 1.82) is 0 Å². The SMILES string of the molecule is COc1ccc(NC(=O)N(C)CC(F)(F)F)c(C(=O)O)c1. The number of hydrogen-bond donors (Lipinski definition) is 2. The summed E-state index contributed by atoms with van der Waals surface area (Å²) in [6, 6.07) is 2.70. The lowest BCUT2D eigenvalue weighted by Crippen LogP contribution is -2.38. The van der Waals surface area contributed by atoms with E-state index in [1.807, 2.05) is 0 Å². The van der Waals surface area contributed by atoms with Crippen LogP contribution in [0.15, 0.2) is 18.2 Å². The van der Waals surface area contributed by atoms with E-state index in [9.17, 15) is 22.8 Å². The van der Waals surface area contributed by atoms with Crippen molar-refractivity contribution in [3.05, 3.63) is 23.8 Å². The van der Waals surface area contributed by atoms with Crippen LogP contribution in [0.4, 0.5) is 23.7 Å². The fraction of sp³-hybridized carbons (Fsp3) is 0.333. The molecule has 0 fully saturated rings. The molecule has 0 radical (unpaired) electrons. The molecule has 1 aromatic rings. The van der Waals surface area contributed by atoms with Gasteiger partial charge >= 0.3 is 18.2 Å². The maximum absolute atomic E-state index is 12.2. The van der Waals surface area contributed by atoms with Crippen molar-refractivity contribution in [2.24, 2.45) is 0 Å². The standard InChI is InChI=1S/C12H13F3N2O4/c1-17(6-12(13,14)15)11(20)16-9-4-3-7(21-2)5-8(9)10(18)19/h3-5H,6H2,1-2H3,(H,16,20)(H,18,19). The van der Waals surface area contributed by atoms with Gasteiger partial charge in [-0.3, -0.25) is 0 Å². The Hall–Kier alpha value is -2.45. The number of halogens is 3. The van der Waals surface area contributed by atoms with Gasteiger partial charge in [0.25, 0.3) is 0 Å². The molecule has 2 N–H and O–H groups in total. The summed E-state index contributed by atoms with van der Waals surface area (Å²) in [6.07, 6.45) is -4.54. The van der Waals surface area contributed by atoms with Crippen molar-refractivity contribution in [2.45, 2.75) is 6.18 Å². The van der Waals surface area contributed by atoms with Crippen molar-refractivity contribution < 1.29 is 32.6 Å². The van der Waals surface area contributed by atoms with Gasteiger partial charge in [-0.15, -0.1) is 0 Å². The number of ether oxygens (including phenoxy) is 1. The second-order valence-corrected chi connectivity index (χ2v) is 4.12. The molecule has 0 saturated heterocycles. The van der Waals surface area contributed by atoms with Crippen molar-refractivity contribution in [3.8, 4) is 5.75 Å². The number of urea groups is 1. The number of anilines is 1. The fourth-order valence-corrected chi connectivity index (χ4v) is 1.49. The van der Waals surface area contributed by atoms with Gasteiger partial charge in [-0.2, -0.15) is 13.2 Å². The van der Waals surface area contributed by atoms with E-state index in [-0.39, 0.29) is 17.0 Å². The summed E-state index contributed by atoms with van der Waals surface area (Å²) in [5.41, 5.74) is -0.412. The molecule has 2 amide bonds. The number of alkyl halides is 3. The Morgan fingerprint density at radius 2 is 2.00 bits per heavy atom. The number of nitrogens with zero attached hydrogens (tertiary/aromatic N) is 1. The number of amides is 2. The van der Waals surface area contributed by atoms with Crippen molar-refractivity contribution in [2.75, 3.05) is 26.0 Å². The molecule has 0 unspecified atom stereocenters. The highest BCUT2D eigenvalue weighted by atomic mass is 19.4. The molecule has 0 heterocycles. The molecule has 0 aliphatic carbocycles. The quantitative estimate of drug-likeness (QED) is 0.895. The van der Waals surface area contributed by atoms with Crippen LogP contribution in [-0.2, 0) is 0 Å². The minimum atomic E-state index is -4.54. The average Bonchev–Trinajstić information content (AvgIpc) is 2.36. The molecule has 0 bridgehead atoms. The molecule has 0 atom stereocenters. The number of hydrogen-bond acceptors (Lipinski definition) is 3. The van der Waals surface area contributed by atoms with Crippen LogP contribution in [0.25, 0.3) is 0 Å². The number of methoxy groups -OCH3 is 1. The Morgan fingerprint density at radius 3 is 2.48 bits per heavy atom. The number of benzene rings is 1. The Labute approximate surface area is 118 Å². The molecule has 116 valence electrons. The number of carbonyl (C=O) groups excluding carboxylic acids is 1. The molecular formula is C12H13F3N2O4. The van der Waals surface area contributed by atoms with Crippen LogP contribution in [0.2, 0.25) is 0 Å². The first-order valence-corrected chi connectivity index (χ1v) is 5.64. The third kappa shape index (κ3) is 4.86. The van der Waals surface area contributed by atoms with Gasteiger partial charge in [-0.05, 0) is 18.2 Å². The van der Waals surface area contributed by atoms with Gasteiger partial charge in [0.2, 0.25) is 0 Å². The normalized spacial score (nSPS) is 10.9. The predicted octanol–water partition coefficient (Wildman–Crippen LogP) is 2.42. The monoisotopic (exact) mass is 306 g/mol. The van der Waals surface area contributed by atoms with Crippen LogP contribution in [0.3, 0.4) is 0 Å². The number of carboxylic acid groups (broad SMARTS) is 1. The smallest absolute Gasteiger partial charge is 0.406 e. The lowest BCUT2D eigenvalue weighted by Gasteiger charge is -2.20. The third-order valence-electron chi connectivity index (χ3n) is 2.46. The summed E-state index contributed by atoms with van der Waals surface area (Å²) >= 11 is 0. The van der Waals surface area contributed by atoms with E-state index in [4.69, 9.17) is 9.84 Å². The van der Waals surface area contributed by atoms with Crippen molar-refractivity contribution in [1.82, 2.24) is 4.90 Å². The molecule has 1 rings (SSSR count). The number of carbonyl (C=O) groups is 2. The topological polar surface area (TPSA) is 78.9 Å². The van der Waals surface area contributed by atoms with Gasteiger partial charge in [0, 0.05) is 7.05 Å². The van der Waals surface area contributed by atoms with E-state index >= 15 is 0 Å². The molecular weight excluding hydrogens is 293 g/mol. The maximum Gasteiger partial charge on any atom is 0.406 e. The molecule has 1 aromatic carbocycles. The van der Waals surface area contributed by atoms with Crippen molar-refractivity contribution in [3.63, 3.8) is 0 Å². The zero-order valence-electron chi connectivity index (χ0n) is 11.2. The first-order chi connectivity index (χ1) is 9.64. The molecule has 0 saturated carbocycles. The summed E-state index contributed by atoms with van der Waals surface area (Å²) in [5, 5.41) is 11.1. The van der Waals surface area contributed by atoms with Crippen LogP contribution in [-0.4, -0.2) is 48.9 Å². The average molecular weight is 306 g/mol. The number of rotatable bonds is 4. The molecule has 0 spiro atoms. The van der Waals surface area contributed by atoms with Gasteiger partial charge in [0.05, 0.1) is 18.4 Å². The Balaban J connectivity index is 2.92. The first-order valence-electron chi connectivity index (χ1n) is 5.64. The van der Waals surface area contributed by atoms with Crippen LogP contribution < -0.4 is 10.1 Å². The molecule has 6 nitrogen and oxygen atoms in total. The summed E-state index contributed by atoms with van der Waals surface area (Å²) < 4.78 is 41.4. The highest BCUT2D eigenvalue weighted by Crippen LogP contribution is 2.23. The van der Waals surface area contributed by atoms with Crippen LogP contribution in [0.5, 0.6) is 5.75 Å². The summed E-state index contributed by atoms with van der Waals surface area (Å²) in [6.45, 7) is -1.45. The molecule has 0 aliphatic heterocycles. The molecule has 0 aromatic heterocycles. The van der Waals surface area contributed by atoms with Gasteiger partial charge < -0.3 is 20.1 Å². The van der Waals surface area contributed by atoms with E-state index < -0.39 is 24.7 Å². The van der Waals surface area contributed by atoms with Gasteiger partial charge in [-0.25, -0.2) is 9.59 Å². The summed E-state index contributed by atoms with van der Waals surface area (Å²) in [7, 11) is 2.28. The highest BCUT2D eigenvalue weighted by molar-refractivity contribution is 6.00. The van der Waals surface area contributed by atoms with Gasteiger partial charge in [0.1, 0.15) is 12.3 Å². The highest BCUT2D eigenvalue weighted by Gasteiger charge is 2.31. The minimum Gasteiger partial charge on any atom is -0.497 e. The van der Waals surface area contributed by atoms with Gasteiger partial charge in [0.15, 0.2) is 0 Å². The Morgan fingerprint density at radius 1 is 1.38 bits per heavy atom. The van der Waals surface area contributed by atoms with E-state index in [2.05, 4.69) is 5.32 Å². The largest absolute Gasteiger partial charge is 0.497 e. The zero-order chi connectivity index (χ0) is 16.2. The minimum absolute atomic E-state index is 0.123. The van der Waals surface area contributed by atoms with Gasteiger partial charge in [-0.1, -0.05) is 0 Å². The Bertz CT molecular complexity index is 546. The van der Waals surface area contributed by atoms with E-state index in [1.54, 1.807) is 0 Å². The van der Waals surface area contributed by atoms with E-state index in [0.717, 1.165) is 13.1 Å². The lowest BCUT2D eigenvalue weighted by atomic mass is 10.1. The summed E-state index contributed by atoms with van der Waals surface area (Å²) in [4.78, 5) is 23.1. The molecule has 9 heteroatoms. The first kappa shape index (κ1) is 16.6. The second kappa shape index (κ2) is 6.33. The van der Waals surface area contributed by atoms with Crippen LogP contribution >= 0.6 is 0 Å². The maximum atomic E-state index is 12.2. The number of carboxylic acids is 1. The van der Waals surface area contributed by atoms with Crippen molar-refractivity contribution >= 4 is 17.7 Å². The van der Waals surface area contributed by atoms with Crippen LogP contribution in [0, 0.1) is 0 Å². The Kier molecular flexibility index (Phi) is 5.01. The van der Waals surface area contributed by atoms with E-state index in [0.29, 0.717) is 4.90 Å². The molecule has 21 heavy (non-hydrogen) atoms. The molecule has 0 aliphatic rings. The number of nitrogens with one attached hydrogen (secondary N) is 1. The lowest BCUT2D eigenvalue weighted by molar-refractivity contribution is -0.137. The zero-order valence-corrected chi connectivity index (χ0v) is 11.2. The fourth-order valence-electron chi connectivity index (χ4n) is 1.49. The van der Waals surface area contributed by atoms with Crippen LogP contribution in [0.1, 0.15) is 10.4 Å². The number of aromatic carboxylic acids is 1. The third-order valence-corrected chi connectivity index (χ3v) is 2.46.